The fourth-order valence-corrected chi connectivity index (χ4v) is 3.47. The van der Waals surface area contributed by atoms with E-state index in [-0.39, 0.29) is 11.7 Å². The van der Waals surface area contributed by atoms with Gasteiger partial charge in [0.15, 0.2) is 5.16 Å². The summed E-state index contributed by atoms with van der Waals surface area (Å²) in [6, 6.07) is 14.9. The zero-order valence-electron chi connectivity index (χ0n) is 15.8. The SMILES string of the molecule is COC(=O)c1cccc(NC(=O)CSc2nc(NC3CC3)c3ccccc3n2)c1. The number of rotatable bonds is 7. The van der Waals surface area contributed by atoms with Crippen LogP contribution >= 0.6 is 11.8 Å². The number of carbonyl (C=O) groups excluding carboxylic acids is 2. The van der Waals surface area contributed by atoms with Gasteiger partial charge in [-0.15, -0.1) is 0 Å². The quantitative estimate of drug-likeness (QED) is 0.350. The monoisotopic (exact) mass is 408 g/mol. The number of ether oxygens (including phenoxy) is 1. The molecule has 0 bridgehead atoms. The number of carbonyl (C=O) groups is 2. The minimum Gasteiger partial charge on any atom is -0.465 e. The first-order valence-corrected chi connectivity index (χ1v) is 10.3. The van der Waals surface area contributed by atoms with Crippen LogP contribution in [-0.2, 0) is 9.53 Å². The highest BCUT2D eigenvalue weighted by molar-refractivity contribution is 7.99. The minimum absolute atomic E-state index is 0.156. The Morgan fingerprint density at radius 2 is 1.97 bits per heavy atom. The molecule has 3 aromatic rings. The van der Waals surface area contributed by atoms with Crippen molar-refractivity contribution in [2.75, 3.05) is 23.5 Å². The third kappa shape index (κ3) is 4.83. The number of para-hydroxylation sites is 1. The van der Waals surface area contributed by atoms with Crippen LogP contribution in [-0.4, -0.2) is 40.7 Å². The topological polar surface area (TPSA) is 93.2 Å². The number of hydrogen-bond acceptors (Lipinski definition) is 7. The fourth-order valence-electron chi connectivity index (χ4n) is 2.82. The number of amides is 1. The van der Waals surface area contributed by atoms with E-state index in [1.54, 1.807) is 24.3 Å². The zero-order valence-corrected chi connectivity index (χ0v) is 16.7. The highest BCUT2D eigenvalue weighted by Gasteiger charge is 2.23. The molecular weight excluding hydrogens is 388 g/mol. The van der Waals surface area contributed by atoms with Crippen molar-refractivity contribution in [1.29, 1.82) is 0 Å². The molecule has 1 saturated carbocycles. The number of benzene rings is 2. The highest BCUT2D eigenvalue weighted by Crippen LogP contribution is 2.29. The summed E-state index contributed by atoms with van der Waals surface area (Å²) in [6.45, 7) is 0. The van der Waals surface area contributed by atoms with Gasteiger partial charge < -0.3 is 15.4 Å². The van der Waals surface area contributed by atoms with Gasteiger partial charge in [-0.3, -0.25) is 4.79 Å². The molecule has 0 saturated heterocycles. The molecule has 7 nitrogen and oxygen atoms in total. The maximum absolute atomic E-state index is 12.4. The number of aromatic nitrogens is 2. The van der Waals surface area contributed by atoms with E-state index in [2.05, 4.69) is 20.6 Å². The lowest BCUT2D eigenvalue weighted by atomic mass is 10.2. The number of thioether (sulfide) groups is 1. The molecule has 0 unspecified atom stereocenters. The molecule has 2 aromatic carbocycles. The normalized spacial score (nSPS) is 13.1. The van der Waals surface area contributed by atoms with Crippen molar-refractivity contribution in [2.45, 2.75) is 24.0 Å². The number of nitrogens with one attached hydrogen (secondary N) is 2. The summed E-state index contributed by atoms with van der Waals surface area (Å²) in [4.78, 5) is 33.1. The number of esters is 1. The Hall–Kier alpha value is -3.13. The number of methoxy groups -OCH3 is 1. The zero-order chi connectivity index (χ0) is 20.2. The molecule has 0 aliphatic heterocycles. The van der Waals surface area contributed by atoms with Crippen molar-refractivity contribution in [3.8, 4) is 0 Å². The molecule has 1 heterocycles. The molecule has 148 valence electrons. The Kier molecular flexibility index (Phi) is 5.62. The number of hydrogen-bond donors (Lipinski definition) is 2. The van der Waals surface area contributed by atoms with Gasteiger partial charge in [0.1, 0.15) is 5.82 Å². The molecule has 1 aromatic heterocycles. The van der Waals surface area contributed by atoms with Crippen LogP contribution in [0.5, 0.6) is 0 Å². The third-order valence-electron chi connectivity index (χ3n) is 4.40. The second kappa shape index (κ2) is 8.48. The van der Waals surface area contributed by atoms with Crippen molar-refractivity contribution in [1.82, 2.24) is 9.97 Å². The number of fused-ring (bicyclic) bond motifs is 1. The molecule has 1 fully saturated rings. The van der Waals surface area contributed by atoms with Gasteiger partial charge >= 0.3 is 5.97 Å². The highest BCUT2D eigenvalue weighted by atomic mass is 32.2. The molecule has 0 radical (unpaired) electrons. The van der Waals surface area contributed by atoms with Crippen molar-refractivity contribution < 1.29 is 14.3 Å². The first kappa shape index (κ1) is 19.2. The van der Waals surface area contributed by atoms with Gasteiger partial charge in [-0.1, -0.05) is 30.0 Å². The largest absolute Gasteiger partial charge is 0.465 e. The van der Waals surface area contributed by atoms with Crippen LogP contribution in [0.1, 0.15) is 23.2 Å². The summed E-state index contributed by atoms with van der Waals surface area (Å²) in [6.07, 6.45) is 2.29. The summed E-state index contributed by atoms with van der Waals surface area (Å²) in [5, 5.41) is 7.75. The molecule has 1 aliphatic carbocycles. The van der Waals surface area contributed by atoms with E-state index in [4.69, 9.17) is 4.74 Å². The maximum Gasteiger partial charge on any atom is 0.337 e. The fraction of sp³-hybridized carbons (Fsp3) is 0.238. The van der Waals surface area contributed by atoms with Gasteiger partial charge in [0.25, 0.3) is 0 Å². The molecule has 4 rings (SSSR count). The van der Waals surface area contributed by atoms with Crippen LogP contribution in [0, 0.1) is 0 Å². The summed E-state index contributed by atoms with van der Waals surface area (Å²) >= 11 is 1.27. The van der Waals surface area contributed by atoms with Gasteiger partial charge in [0, 0.05) is 17.1 Å². The molecule has 8 heteroatoms. The Morgan fingerprint density at radius 1 is 1.14 bits per heavy atom. The summed E-state index contributed by atoms with van der Waals surface area (Å²) in [5.41, 5.74) is 1.76. The van der Waals surface area contributed by atoms with Crippen LogP contribution < -0.4 is 10.6 Å². The molecular formula is C21H20N4O3S. The maximum atomic E-state index is 12.4. The Morgan fingerprint density at radius 3 is 2.76 bits per heavy atom. The lowest BCUT2D eigenvalue weighted by molar-refractivity contribution is -0.113. The Labute approximate surface area is 172 Å². The van der Waals surface area contributed by atoms with Gasteiger partial charge in [-0.25, -0.2) is 14.8 Å². The lowest BCUT2D eigenvalue weighted by Crippen LogP contribution is -2.15. The van der Waals surface area contributed by atoms with E-state index in [0.29, 0.717) is 22.4 Å². The molecule has 0 atom stereocenters. The first-order valence-electron chi connectivity index (χ1n) is 9.27. The van der Waals surface area contributed by atoms with Crippen molar-refractivity contribution in [3.63, 3.8) is 0 Å². The van der Waals surface area contributed by atoms with Crippen molar-refractivity contribution in [2.24, 2.45) is 0 Å². The second-order valence-electron chi connectivity index (χ2n) is 6.70. The van der Waals surface area contributed by atoms with E-state index in [0.717, 1.165) is 29.6 Å². The number of anilines is 2. The minimum atomic E-state index is -0.448. The summed E-state index contributed by atoms with van der Waals surface area (Å²) in [5.74, 6) is 0.317. The van der Waals surface area contributed by atoms with Crippen LogP contribution in [0.25, 0.3) is 10.9 Å². The third-order valence-corrected chi connectivity index (χ3v) is 5.25. The van der Waals surface area contributed by atoms with Gasteiger partial charge in [-0.2, -0.15) is 0 Å². The average molecular weight is 408 g/mol. The van der Waals surface area contributed by atoms with Crippen LogP contribution in [0.4, 0.5) is 11.5 Å². The smallest absolute Gasteiger partial charge is 0.337 e. The van der Waals surface area contributed by atoms with E-state index in [9.17, 15) is 9.59 Å². The predicted octanol–water partition coefficient (Wildman–Crippen LogP) is 3.72. The van der Waals surface area contributed by atoms with Gasteiger partial charge in [0.2, 0.25) is 5.91 Å². The van der Waals surface area contributed by atoms with Crippen LogP contribution in [0.3, 0.4) is 0 Å². The van der Waals surface area contributed by atoms with E-state index < -0.39 is 5.97 Å². The summed E-state index contributed by atoms with van der Waals surface area (Å²) in [7, 11) is 1.32. The summed E-state index contributed by atoms with van der Waals surface area (Å²) < 4.78 is 4.70. The van der Waals surface area contributed by atoms with Crippen LogP contribution in [0.15, 0.2) is 53.7 Å². The van der Waals surface area contributed by atoms with Crippen molar-refractivity contribution >= 4 is 46.0 Å². The standard InChI is InChI=1S/C21H20N4O3S/c1-28-20(27)13-5-4-6-15(11-13)22-18(26)12-29-21-24-17-8-3-2-7-16(17)19(25-21)23-14-9-10-14/h2-8,11,14H,9-10,12H2,1H3,(H,22,26)(H,23,24,25). The van der Waals surface area contributed by atoms with E-state index in [1.165, 1.54) is 18.9 Å². The number of nitrogens with zero attached hydrogens (tertiary/aromatic N) is 2. The molecule has 2 N–H and O–H groups in total. The molecule has 1 aliphatic rings. The van der Waals surface area contributed by atoms with Gasteiger partial charge in [0.05, 0.1) is 23.9 Å². The molecule has 1 amide bonds. The lowest BCUT2D eigenvalue weighted by Gasteiger charge is -2.10. The Bertz CT molecular complexity index is 1070. The second-order valence-corrected chi connectivity index (χ2v) is 7.64. The predicted molar refractivity (Wildman–Crippen MR) is 113 cm³/mol. The van der Waals surface area contributed by atoms with Crippen LogP contribution in [0.2, 0.25) is 0 Å². The van der Waals surface area contributed by atoms with E-state index in [1.807, 2.05) is 24.3 Å². The van der Waals surface area contributed by atoms with Gasteiger partial charge in [-0.05, 0) is 43.2 Å². The average Bonchev–Trinajstić information content (AvgIpc) is 3.56. The Balaban J connectivity index is 1.44. The molecule has 29 heavy (non-hydrogen) atoms. The van der Waals surface area contributed by atoms with E-state index >= 15 is 0 Å². The first-order chi connectivity index (χ1) is 14.1. The van der Waals surface area contributed by atoms with Crippen molar-refractivity contribution in [3.05, 3.63) is 54.1 Å². The molecule has 0 spiro atoms.